The maximum absolute atomic E-state index is 11.5. The molecule has 1 aromatic heterocycles. The summed E-state index contributed by atoms with van der Waals surface area (Å²) >= 11 is 0. The molecular weight excluding hydrogens is 310 g/mol. The van der Waals surface area contributed by atoms with Crippen LogP contribution in [0.1, 0.15) is 12.0 Å². The summed E-state index contributed by atoms with van der Waals surface area (Å²) in [5.41, 5.74) is 0.927. The van der Waals surface area contributed by atoms with Gasteiger partial charge in [0.25, 0.3) is 0 Å². The number of nitro groups is 1. The van der Waals surface area contributed by atoms with E-state index in [1.54, 1.807) is 19.1 Å². The third kappa shape index (κ3) is 4.63. The number of ether oxygens (including phenoxy) is 1. The zero-order valence-electron chi connectivity index (χ0n) is 13.8. The molecule has 0 aliphatic carbocycles. The maximum Gasteiger partial charge on any atom is 0.353 e. The van der Waals surface area contributed by atoms with Crippen LogP contribution in [0.3, 0.4) is 0 Å². The number of aromatic nitrogens is 2. The molecule has 24 heavy (non-hydrogen) atoms. The van der Waals surface area contributed by atoms with Gasteiger partial charge in [0.05, 0.1) is 4.92 Å². The second kappa shape index (κ2) is 8.78. The molecule has 8 heteroatoms. The zero-order valence-corrected chi connectivity index (χ0v) is 13.8. The Labute approximate surface area is 140 Å². The molecule has 0 amide bonds. The Kier molecular flexibility index (Phi) is 6.44. The van der Waals surface area contributed by atoms with Crippen molar-refractivity contribution in [3.05, 3.63) is 52.3 Å². The summed E-state index contributed by atoms with van der Waals surface area (Å²) < 4.78 is 4.97. The van der Waals surface area contributed by atoms with Gasteiger partial charge in [-0.3, -0.25) is 10.1 Å². The third-order valence-corrected chi connectivity index (χ3v) is 3.43. The van der Waals surface area contributed by atoms with Crippen LogP contribution in [-0.4, -0.2) is 42.2 Å². The zero-order chi connectivity index (χ0) is 17.4. The van der Waals surface area contributed by atoms with E-state index in [1.807, 2.05) is 30.3 Å². The van der Waals surface area contributed by atoms with E-state index in [-0.39, 0.29) is 17.3 Å². The molecule has 2 rings (SSSR count). The second-order valence-corrected chi connectivity index (χ2v) is 5.27. The van der Waals surface area contributed by atoms with E-state index in [4.69, 9.17) is 4.74 Å². The van der Waals surface area contributed by atoms with Crippen LogP contribution < -0.4 is 10.2 Å². The van der Waals surface area contributed by atoms with Crippen LogP contribution in [0.5, 0.6) is 0 Å². The van der Waals surface area contributed by atoms with Gasteiger partial charge in [0.15, 0.2) is 0 Å². The Morgan fingerprint density at radius 3 is 2.71 bits per heavy atom. The molecule has 1 N–H and O–H groups in total. The number of methoxy groups -OCH3 is 1. The van der Waals surface area contributed by atoms with E-state index >= 15 is 0 Å². The lowest BCUT2D eigenvalue weighted by Gasteiger charge is -2.19. The quantitative estimate of drug-likeness (QED) is 0.428. The van der Waals surface area contributed by atoms with Gasteiger partial charge in [0.1, 0.15) is 6.33 Å². The van der Waals surface area contributed by atoms with Crippen molar-refractivity contribution in [3.63, 3.8) is 0 Å². The molecule has 0 bridgehead atoms. The van der Waals surface area contributed by atoms with Crippen molar-refractivity contribution in [2.75, 3.05) is 37.5 Å². The summed E-state index contributed by atoms with van der Waals surface area (Å²) in [5, 5.41) is 14.5. The molecule has 0 radical (unpaired) electrons. The molecule has 0 aliphatic heterocycles. The number of anilines is 2. The Hall–Kier alpha value is -2.74. The second-order valence-electron chi connectivity index (χ2n) is 5.27. The van der Waals surface area contributed by atoms with Gasteiger partial charge >= 0.3 is 5.69 Å². The van der Waals surface area contributed by atoms with Crippen LogP contribution in [0, 0.1) is 10.1 Å². The molecule has 1 heterocycles. The number of hydrogen-bond acceptors (Lipinski definition) is 7. The summed E-state index contributed by atoms with van der Waals surface area (Å²) in [4.78, 5) is 20.9. The van der Waals surface area contributed by atoms with Gasteiger partial charge < -0.3 is 15.0 Å². The summed E-state index contributed by atoms with van der Waals surface area (Å²) in [6, 6.07) is 9.72. The Balaban J connectivity index is 2.20. The third-order valence-electron chi connectivity index (χ3n) is 3.43. The topological polar surface area (TPSA) is 93.4 Å². The van der Waals surface area contributed by atoms with Gasteiger partial charge in [0, 0.05) is 33.9 Å². The van der Waals surface area contributed by atoms with Gasteiger partial charge in [-0.25, -0.2) is 9.97 Å². The van der Waals surface area contributed by atoms with Crippen molar-refractivity contribution in [1.82, 2.24) is 9.97 Å². The first kappa shape index (κ1) is 17.6. The molecule has 8 nitrogen and oxygen atoms in total. The SMILES string of the molecule is COCCCNc1ncnc(N(C)Cc2ccccc2)c1[N+](=O)[O-]. The molecule has 0 aliphatic rings. The number of hydrogen-bond donors (Lipinski definition) is 1. The summed E-state index contributed by atoms with van der Waals surface area (Å²) in [6.07, 6.45) is 2.06. The highest BCUT2D eigenvalue weighted by Gasteiger charge is 2.25. The molecule has 128 valence electrons. The minimum absolute atomic E-state index is 0.117. The molecule has 0 spiro atoms. The Bertz CT molecular complexity index is 666. The molecule has 0 unspecified atom stereocenters. The van der Waals surface area contributed by atoms with E-state index < -0.39 is 4.92 Å². The molecule has 1 aromatic carbocycles. The highest BCUT2D eigenvalue weighted by molar-refractivity contribution is 5.70. The first-order valence-corrected chi connectivity index (χ1v) is 7.60. The molecule has 0 saturated carbocycles. The number of nitrogens with one attached hydrogen (secondary N) is 1. The summed E-state index contributed by atoms with van der Waals surface area (Å²) in [6.45, 7) is 1.63. The average Bonchev–Trinajstić information content (AvgIpc) is 2.59. The fourth-order valence-electron chi connectivity index (χ4n) is 2.30. The van der Waals surface area contributed by atoms with Crippen LogP contribution in [0.15, 0.2) is 36.7 Å². The van der Waals surface area contributed by atoms with E-state index in [0.29, 0.717) is 19.7 Å². The summed E-state index contributed by atoms with van der Waals surface area (Å²) in [7, 11) is 3.39. The van der Waals surface area contributed by atoms with Gasteiger partial charge in [-0.15, -0.1) is 0 Å². The van der Waals surface area contributed by atoms with Crippen molar-refractivity contribution in [1.29, 1.82) is 0 Å². The number of nitrogens with zero attached hydrogens (tertiary/aromatic N) is 4. The lowest BCUT2D eigenvalue weighted by atomic mass is 10.2. The van der Waals surface area contributed by atoms with Gasteiger partial charge in [0.2, 0.25) is 11.6 Å². The lowest BCUT2D eigenvalue weighted by Crippen LogP contribution is -2.20. The fourth-order valence-corrected chi connectivity index (χ4v) is 2.30. The molecule has 2 aromatic rings. The van der Waals surface area contributed by atoms with Crippen LogP contribution in [0.25, 0.3) is 0 Å². The van der Waals surface area contributed by atoms with Gasteiger partial charge in [-0.1, -0.05) is 30.3 Å². The molecule has 0 saturated heterocycles. The number of rotatable bonds is 9. The maximum atomic E-state index is 11.5. The van der Waals surface area contributed by atoms with E-state index in [9.17, 15) is 10.1 Å². The minimum Gasteiger partial charge on any atom is -0.385 e. The smallest absolute Gasteiger partial charge is 0.353 e. The predicted octanol–water partition coefficient (Wildman–Crippen LogP) is 2.47. The fraction of sp³-hybridized carbons (Fsp3) is 0.375. The van der Waals surface area contributed by atoms with E-state index in [2.05, 4.69) is 15.3 Å². The van der Waals surface area contributed by atoms with Crippen molar-refractivity contribution in [2.24, 2.45) is 0 Å². The molecular formula is C16H21N5O3. The summed E-state index contributed by atoms with van der Waals surface area (Å²) in [5.74, 6) is 0.508. The normalized spacial score (nSPS) is 10.4. The van der Waals surface area contributed by atoms with E-state index in [0.717, 1.165) is 12.0 Å². The van der Waals surface area contributed by atoms with Gasteiger partial charge in [-0.05, 0) is 12.0 Å². The van der Waals surface area contributed by atoms with Crippen molar-refractivity contribution >= 4 is 17.3 Å². The average molecular weight is 331 g/mol. The van der Waals surface area contributed by atoms with Crippen LogP contribution in [0.4, 0.5) is 17.3 Å². The van der Waals surface area contributed by atoms with Gasteiger partial charge in [-0.2, -0.15) is 0 Å². The first-order chi connectivity index (χ1) is 11.6. The predicted molar refractivity (Wildman–Crippen MR) is 92.2 cm³/mol. The van der Waals surface area contributed by atoms with Crippen LogP contribution >= 0.6 is 0 Å². The Morgan fingerprint density at radius 1 is 1.29 bits per heavy atom. The van der Waals surface area contributed by atoms with Crippen LogP contribution in [-0.2, 0) is 11.3 Å². The molecule has 0 atom stereocenters. The van der Waals surface area contributed by atoms with Crippen molar-refractivity contribution in [2.45, 2.75) is 13.0 Å². The minimum atomic E-state index is -0.449. The Morgan fingerprint density at radius 2 is 2.04 bits per heavy atom. The highest BCUT2D eigenvalue weighted by Crippen LogP contribution is 2.31. The standard InChI is InChI=1S/C16H21N5O3/c1-20(11-13-7-4-3-5-8-13)16-14(21(22)23)15(18-12-19-16)17-9-6-10-24-2/h3-5,7-8,12H,6,9-11H2,1-2H3,(H,17,18,19). The lowest BCUT2D eigenvalue weighted by molar-refractivity contribution is -0.383. The van der Waals surface area contributed by atoms with E-state index in [1.165, 1.54) is 6.33 Å². The van der Waals surface area contributed by atoms with Crippen molar-refractivity contribution < 1.29 is 9.66 Å². The molecule has 0 fully saturated rings. The number of benzene rings is 1. The van der Waals surface area contributed by atoms with Crippen molar-refractivity contribution in [3.8, 4) is 0 Å². The van der Waals surface area contributed by atoms with Crippen LogP contribution in [0.2, 0.25) is 0 Å². The first-order valence-electron chi connectivity index (χ1n) is 7.60. The monoisotopic (exact) mass is 331 g/mol. The largest absolute Gasteiger partial charge is 0.385 e. The highest BCUT2D eigenvalue weighted by atomic mass is 16.6.